The van der Waals surface area contributed by atoms with E-state index in [0.29, 0.717) is 30.9 Å². The number of fused-ring (bicyclic) bond motifs is 1. The molecule has 0 aliphatic carbocycles. The van der Waals surface area contributed by atoms with E-state index in [9.17, 15) is 5.11 Å². The molecule has 0 radical (unpaired) electrons. The second kappa shape index (κ2) is 7.75. The number of aliphatic hydroxyl groups is 1. The topological polar surface area (TPSA) is 79.5 Å². The molecule has 3 aliphatic heterocycles. The van der Waals surface area contributed by atoms with Crippen molar-refractivity contribution in [1.82, 2.24) is 24.6 Å². The fourth-order valence-electron chi connectivity index (χ4n) is 5.58. The number of aryl methyl sites for hydroxylation is 2. The summed E-state index contributed by atoms with van der Waals surface area (Å²) in [6.45, 7) is 11.2. The number of nitrogens with zero attached hydrogens (tertiary/aromatic N) is 6. The molecule has 174 valence electrons. The van der Waals surface area contributed by atoms with Crippen molar-refractivity contribution in [3.8, 4) is 5.82 Å². The molecule has 3 saturated heterocycles. The van der Waals surface area contributed by atoms with Crippen molar-refractivity contribution in [3.63, 3.8) is 0 Å². The van der Waals surface area contributed by atoms with Crippen molar-refractivity contribution in [2.24, 2.45) is 0 Å². The van der Waals surface area contributed by atoms with Crippen molar-refractivity contribution in [2.45, 2.75) is 51.2 Å². The van der Waals surface area contributed by atoms with Gasteiger partial charge >= 0.3 is 0 Å². The van der Waals surface area contributed by atoms with Gasteiger partial charge in [-0.2, -0.15) is 5.10 Å². The third-order valence-electron chi connectivity index (χ3n) is 7.48. The van der Waals surface area contributed by atoms with Gasteiger partial charge in [0.05, 0.1) is 36.6 Å². The van der Waals surface area contributed by atoms with E-state index in [1.807, 2.05) is 30.8 Å². The molecule has 3 aliphatic rings. The summed E-state index contributed by atoms with van der Waals surface area (Å²) in [5, 5.41) is 16.0. The van der Waals surface area contributed by atoms with Gasteiger partial charge in [0.2, 0.25) is 0 Å². The Labute approximate surface area is 194 Å². The average Bonchev–Trinajstić information content (AvgIpc) is 3.13. The second-order valence-corrected chi connectivity index (χ2v) is 10.3. The molecule has 0 spiro atoms. The van der Waals surface area contributed by atoms with E-state index in [-0.39, 0.29) is 0 Å². The molecule has 0 saturated carbocycles. The number of likely N-dealkylation sites (tertiary alicyclic amines) is 1. The van der Waals surface area contributed by atoms with Crippen LogP contribution < -0.4 is 4.90 Å². The van der Waals surface area contributed by atoms with Crippen LogP contribution in [0.15, 0.2) is 24.4 Å². The molecule has 3 fully saturated rings. The number of aromatic nitrogens is 4. The number of anilines is 1. The van der Waals surface area contributed by atoms with Crippen molar-refractivity contribution in [3.05, 3.63) is 41.3 Å². The first-order chi connectivity index (χ1) is 15.9. The Kier molecular flexibility index (Phi) is 4.94. The van der Waals surface area contributed by atoms with Gasteiger partial charge in [-0.05, 0) is 75.9 Å². The van der Waals surface area contributed by atoms with E-state index in [4.69, 9.17) is 14.8 Å². The minimum atomic E-state index is -0.648. The molecular weight excluding hydrogens is 416 g/mol. The van der Waals surface area contributed by atoms with Crippen molar-refractivity contribution in [1.29, 1.82) is 0 Å². The number of rotatable bonds is 4. The minimum Gasteiger partial charge on any atom is -0.386 e. The Hall–Kier alpha value is -2.55. The number of piperidine rings is 1. The highest BCUT2D eigenvalue weighted by Gasteiger charge is 2.37. The predicted octanol–water partition coefficient (Wildman–Crippen LogP) is 2.58. The van der Waals surface area contributed by atoms with Crippen LogP contribution in [-0.4, -0.2) is 80.8 Å². The number of hydrogen-bond acceptors (Lipinski definition) is 7. The van der Waals surface area contributed by atoms with Gasteiger partial charge in [0.25, 0.3) is 0 Å². The lowest BCUT2D eigenvalue weighted by molar-refractivity contribution is -0.0712. The lowest BCUT2D eigenvalue weighted by Crippen LogP contribution is -2.60. The summed E-state index contributed by atoms with van der Waals surface area (Å²) in [5.41, 5.74) is 3.21. The fourth-order valence-corrected chi connectivity index (χ4v) is 5.58. The maximum absolute atomic E-state index is 10.1. The van der Waals surface area contributed by atoms with E-state index < -0.39 is 5.60 Å². The summed E-state index contributed by atoms with van der Waals surface area (Å²) in [6.07, 6.45) is 4.29. The van der Waals surface area contributed by atoms with Crippen LogP contribution >= 0.6 is 0 Å². The molecule has 8 nitrogen and oxygen atoms in total. The molecule has 2 aromatic heterocycles. The molecule has 0 amide bonds. The predicted molar refractivity (Wildman–Crippen MR) is 127 cm³/mol. The van der Waals surface area contributed by atoms with Gasteiger partial charge < -0.3 is 14.7 Å². The lowest BCUT2D eigenvalue weighted by atomic mass is 9.85. The molecule has 0 unspecified atom stereocenters. The van der Waals surface area contributed by atoms with E-state index >= 15 is 0 Å². The maximum atomic E-state index is 10.1. The Morgan fingerprint density at radius 3 is 2.42 bits per heavy atom. The van der Waals surface area contributed by atoms with Crippen LogP contribution in [0.1, 0.15) is 42.6 Å². The second-order valence-electron chi connectivity index (χ2n) is 10.3. The summed E-state index contributed by atoms with van der Waals surface area (Å²) in [6, 6.07) is 7.20. The van der Waals surface area contributed by atoms with Gasteiger partial charge in [-0.15, -0.1) is 0 Å². The van der Waals surface area contributed by atoms with Crippen LogP contribution in [0.25, 0.3) is 16.7 Å². The van der Waals surface area contributed by atoms with Crippen molar-refractivity contribution >= 4 is 16.7 Å². The Balaban J connectivity index is 1.30. The van der Waals surface area contributed by atoms with Crippen LogP contribution in [0.4, 0.5) is 5.82 Å². The number of β-amino-alcohol motifs (C(OH)–C–C–N with tert-alkyl or cyclic N) is 1. The first kappa shape index (κ1) is 21.0. The molecule has 3 aromatic rings. The molecule has 1 N–H and O–H groups in total. The molecule has 6 rings (SSSR count). The van der Waals surface area contributed by atoms with Gasteiger partial charge in [-0.25, -0.2) is 14.6 Å². The first-order valence-corrected chi connectivity index (χ1v) is 12.0. The Morgan fingerprint density at radius 2 is 1.76 bits per heavy atom. The van der Waals surface area contributed by atoms with Crippen LogP contribution in [0.5, 0.6) is 0 Å². The van der Waals surface area contributed by atoms with Gasteiger partial charge in [0.15, 0.2) is 5.82 Å². The molecule has 0 atom stereocenters. The number of hydrogen-bond donors (Lipinski definition) is 1. The summed E-state index contributed by atoms with van der Waals surface area (Å²) in [7, 11) is 0. The zero-order chi connectivity index (χ0) is 22.7. The molecule has 1 aromatic carbocycles. The molecule has 0 bridgehead atoms. The van der Waals surface area contributed by atoms with E-state index in [1.165, 1.54) is 24.0 Å². The van der Waals surface area contributed by atoms with Gasteiger partial charge in [-0.1, -0.05) is 0 Å². The molecule has 5 heterocycles. The number of ether oxygens (including phenoxy) is 1. The lowest BCUT2D eigenvalue weighted by Gasteiger charge is -2.45. The van der Waals surface area contributed by atoms with E-state index in [2.05, 4.69) is 33.8 Å². The first-order valence-electron chi connectivity index (χ1n) is 12.0. The minimum absolute atomic E-state index is 0.570. The SMILES string of the molecule is Cc1nc(N2CC(C)(O)C2)cc(-n2ncc3cc(C)c(C4CCN(C5COC5)CC4)cc32)n1. The highest BCUT2D eigenvalue weighted by Crippen LogP contribution is 2.35. The zero-order valence-corrected chi connectivity index (χ0v) is 19.7. The molecular formula is C25H32N6O2. The normalized spacial score (nSPS) is 21.9. The van der Waals surface area contributed by atoms with Gasteiger partial charge in [0, 0.05) is 24.5 Å². The van der Waals surface area contributed by atoms with E-state index in [0.717, 1.165) is 48.8 Å². The van der Waals surface area contributed by atoms with Gasteiger partial charge in [0.1, 0.15) is 11.6 Å². The Bertz CT molecular complexity index is 1190. The summed E-state index contributed by atoms with van der Waals surface area (Å²) >= 11 is 0. The highest BCUT2D eigenvalue weighted by molar-refractivity contribution is 5.82. The van der Waals surface area contributed by atoms with Crippen LogP contribution in [0.2, 0.25) is 0 Å². The summed E-state index contributed by atoms with van der Waals surface area (Å²) < 4.78 is 7.33. The van der Waals surface area contributed by atoms with Crippen LogP contribution in [0, 0.1) is 13.8 Å². The summed E-state index contributed by atoms with van der Waals surface area (Å²) in [4.78, 5) is 14.0. The fraction of sp³-hybridized carbons (Fsp3) is 0.560. The largest absolute Gasteiger partial charge is 0.386 e. The highest BCUT2D eigenvalue weighted by atomic mass is 16.5. The van der Waals surface area contributed by atoms with Crippen LogP contribution in [0.3, 0.4) is 0 Å². The standard InChI is InChI=1S/C25H32N6O2/c1-16-8-19-11-26-31(24-10-23(27-17(2)28-24)30-14-25(3,32)15-30)22(19)9-21(16)18-4-6-29(7-5-18)20-12-33-13-20/h8-11,18,20,32H,4-7,12-15H2,1-3H3. The third-order valence-corrected chi connectivity index (χ3v) is 7.48. The molecule has 8 heteroatoms. The zero-order valence-electron chi connectivity index (χ0n) is 19.7. The van der Waals surface area contributed by atoms with Crippen LogP contribution in [-0.2, 0) is 4.74 Å². The Morgan fingerprint density at radius 1 is 1.03 bits per heavy atom. The average molecular weight is 449 g/mol. The number of benzene rings is 1. The third kappa shape index (κ3) is 3.80. The maximum Gasteiger partial charge on any atom is 0.159 e. The van der Waals surface area contributed by atoms with Crippen molar-refractivity contribution < 1.29 is 9.84 Å². The quantitative estimate of drug-likeness (QED) is 0.657. The van der Waals surface area contributed by atoms with E-state index in [1.54, 1.807) is 0 Å². The van der Waals surface area contributed by atoms with Gasteiger partial charge in [-0.3, -0.25) is 4.90 Å². The smallest absolute Gasteiger partial charge is 0.159 e. The molecule has 33 heavy (non-hydrogen) atoms. The van der Waals surface area contributed by atoms with Crippen molar-refractivity contribution in [2.75, 3.05) is 44.3 Å². The summed E-state index contributed by atoms with van der Waals surface area (Å²) in [5.74, 6) is 2.89. The monoisotopic (exact) mass is 448 g/mol.